The predicted octanol–water partition coefficient (Wildman–Crippen LogP) is 3.70. The van der Waals surface area contributed by atoms with Crippen molar-refractivity contribution >= 4 is 23.2 Å². The highest BCUT2D eigenvalue weighted by molar-refractivity contribution is 6.30. The third kappa shape index (κ3) is 4.09. The van der Waals surface area contributed by atoms with E-state index in [1.807, 2.05) is 31.2 Å². The van der Waals surface area contributed by atoms with Gasteiger partial charge in [0, 0.05) is 36.3 Å². The van der Waals surface area contributed by atoms with Gasteiger partial charge >= 0.3 is 0 Å². The van der Waals surface area contributed by atoms with Gasteiger partial charge in [-0.25, -0.2) is 0 Å². The van der Waals surface area contributed by atoms with Crippen LogP contribution in [0.5, 0.6) is 0 Å². The Morgan fingerprint density at radius 3 is 2.75 bits per heavy atom. The molecule has 1 aliphatic heterocycles. The molecule has 0 saturated carbocycles. The Morgan fingerprint density at radius 1 is 1.21 bits per heavy atom. The molecule has 3 nitrogen and oxygen atoms in total. The van der Waals surface area contributed by atoms with Gasteiger partial charge in [-0.2, -0.15) is 0 Å². The molecule has 0 saturated heterocycles. The molecule has 4 heteroatoms. The monoisotopic (exact) mass is 342 g/mol. The normalized spacial score (nSPS) is 14.3. The van der Waals surface area contributed by atoms with Crippen LogP contribution in [-0.4, -0.2) is 25.5 Å². The number of para-hydroxylation sites is 1. The second kappa shape index (κ2) is 7.71. The number of nitrogens with one attached hydrogen (secondary N) is 1. The van der Waals surface area contributed by atoms with Crippen molar-refractivity contribution in [2.45, 2.75) is 19.8 Å². The van der Waals surface area contributed by atoms with Crippen molar-refractivity contribution in [2.24, 2.45) is 5.92 Å². The fourth-order valence-corrected chi connectivity index (χ4v) is 3.32. The highest BCUT2D eigenvalue weighted by Gasteiger charge is 2.18. The second-order valence-electron chi connectivity index (χ2n) is 6.39. The number of benzene rings is 2. The fourth-order valence-electron chi connectivity index (χ4n) is 3.19. The Balaban J connectivity index is 1.45. The van der Waals surface area contributed by atoms with Crippen LogP contribution in [0.4, 0.5) is 5.69 Å². The number of carbonyl (C=O) groups excluding carboxylic acids is 1. The van der Waals surface area contributed by atoms with Gasteiger partial charge in [-0.3, -0.25) is 4.79 Å². The number of fused-ring (bicyclic) bond motifs is 1. The van der Waals surface area contributed by atoms with Crippen molar-refractivity contribution in [3.8, 4) is 0 Å². The van der Waals surface area contributed by atoms with E-state index in [1.165, 1.54) is 11.3 Å². The second-order valence-corrected chi connectivity index (χ2v) is 6.82. The fraction of sp³-hybridized carbons (Fsp3) is 0.350. The van der Waals surface area contributed by atoms with Crippen LogP contribution in [0.25, 0.3) is 0 Å². The zero-order valence-corrected chi connectivity index (χ0v) is 14.7. The highest BCUT2D eigenvalue weighted by atomic mass is 35.5. The van der Waals surface area contributed by atoms with Crippen LogP contribution < -0.4 is 10.2 Å². The van der Waals surface area contributed by atoms with E-state index in [4.69, 9.17) is 11.6 Å². The highest BCUT2D eigenvalue weighted by Crippen LogP contribution is 2.26. The molecule has 0 bridgehead atoms. The van der Waals surface area contributed by atoms with Crippen molar-refractivity contribution in [3.05, 3.63) is 64.7 Å². The SMILES string of the molecule is CC(Cc1ccc(Cl)cc1)C(=O)NCCN1CCc2ccccc21. The summed E-state index contributed by atoms with van der Waals surface area (Å²) in [7, 11) is 0. The van der Waals surface area contributed by atoms with Crippen LogP contribution in [0, 0.1) is 5.92 Å². The lowest BCUT2D eigenvalue weighted by atomic mass is 10.0. The van der Waals surface area contributed by atoms with Crippen LogP contribution in [0.2, 0.25) is 5.02 Å². The summed E-state index contributed by atoms with van der Waals surface area (Å²) in [5.41, 5.74) is 3.84. The number of hydrogen-bond acceptors (Lipinski definition) is 2. The van der Waals surface area contributed by atoms with Crippen molar-refractivity contribution in [1.82, 2.24) is 5.32 Å². The van der Waals surface area contributed by atoms with Crippen LogP contribution in [0.1, 0.15) is 18.1 Å². The number of hydrogen-bond donors (Lipinski definition) is 1. The van der Waals surface area contributed by atoms with Crippen LogP contribution in [0.15, 0.2) is 48.5 Å². The molecular weight excluding hydrogens is 320 g/mol. The first-order valence-electron chi connectivity index (χ1n) is 8.48. The quantitative estimate of drug-likeness (QED) is 0.868. The average molecular weight is 343 g/mol. The molecule has 1 atom stereocenters. The molecule has 2 aromatic carbocycles. The molecule has 0 radical (unpaired) electrons. The lowest BCUT2D eigenvalue weighted by molar-refractivity contribution is -0.124. The molecule has 2 aromatic rings. The molecule has 0 fully saturated rings. The number of nitrogens with zero attached hydrogens (tertiary/aromatic N) is 1. The van der Waals surface area contributed by atoms with Crippen molar-refractivity contribution in [3.63, 3.8) is 0 Å². The smallest absolute Gasteiger partial charge is 0.223 e. The van der Waals surface area contributed by atoms with Crippen molar-refractivity contribution < 1.29 is 4.79 Å². The van der Waals surface area contributed by atoms with Gasteiger partial charge in [-0.05, 0) is 42.2 Å². The minimum absolute atomic E-state index is 0.0444. The van der Waals surface area contributed by atoms with Crippen molar-refractivity contribution in [2.75, 3.05) is 24.5 Å². The Morgan fingerprint density at radius 2 is 1.96 bits per heavy atom. The molecule has 0 aromatic heterocycles. The van der Waals surface area contributed by atoms with Gasteiger partial charge in [0.05, 0.1) is 0 Å². The summed E-state index contributed by atoms with van der Waals surface area (Å²) >= 11 is 5.89. The predicted molar refractivity (Wildman–Crippen MR) is 99.7 cm³/mol. The van der Waals surface area contributed by atoms with Crippen LogP contribution in [0.3, 0.4) is 0 Å². The summed E-state index contributed by atoms with van der Waals surface area (Å²) in [6.07, 6.45) is 1.83. The number of anilines is 1. The number of carbonyl (C=O) groups is 1. The molecule has 1 aliphatic rings. The van der Waals surface area contributed by atoms with Gasteiger partial charge in [0.25, 0.3) is 0 Å². The Bertz CT molecular complexity index is 699. The molecule has 24 heavy (non-hydrogen) atoms. The van der Waals surface area contributed by atoms with E-state index in [-0.39, 0.29) is 11.8 Å². The van der Waals surface area contributed by atoms with E-state index >= 15 is 0 Å². The minimum atomic E-state index is -0.0444. The Hall–Kier alpha value is -2.00. The summed E-state index contributed by atoms with van der Waals surface area (Å²) in [6, 6.07) is 16.2. The summed E-state index contributed by atoms with van der Waals surface area (Å²) in [6.45, 7) is 4.54. The van der Waals surface area contributed by atoms with E-state index in [2.05, 4.69) is 34.5 Å². The summed E-state index contributed by atoms with van der Waals surface area (Å²) in [4.78, 5) is 14.6. The van der Waals surface area contributed by atoms with Gasteiger partial charge in [0.15, 0.2) is 0 Å². The topological polar surface area (TPSA) is 32.3 Å². The molecule has 1 N–H and O–H groups in total. The summed E-state index contributed by atoms with van der Waals surface area (Å²) in [5, 5.41) is 3.79. The van der Waals surface area contributed by atoms with E-state index in [1.54, 1.807) is 0 Å². The number of rotatable bonds is 6. The van der Waals surface area contributed by atoms with E-state index in [0.717, 1.165) is 36.5 Å². The maximum Gasteiger partial charge on any atom is 0.223 e. The van der Waals surface area contributed by atoms with Gasteiger partial charge in [0.2, 0.25) is 5.91 Å². The molecule has 0 aliphatic carbocycles. The van der Waals surface area contributed by atoms with Gasteiger partial charge in [-0.1, -0.05) is 48.9 Å². The first-order valence-corrected chi connectivity index (χ1v) is 8.86. The maximum absolute atomic E-state index is 12.3. The zero-order chi connectivity index (χ0) is 16.9. The third-order valence-corrected chi connectivity index (χ3v) is 4.82. The maximum atomic E-state index is 12.3. The summed E-state index contributed by atoms with van der Waals surface area (Å²) in [5.74, 6) is 0.0643. The minimum Gasteiger partial charge on any atom is -0.369 e. The van der Waals surface area contributed by atoms with Gasteiger partial charge in [0.1, 0.15) is 0 Å². The molecule has 0 spiro atoms. The Labute approximate surface area is 148 Å². The van der Waals surface area contributed by atoms with E-state index in [9.17, 15) is 4.79 Å². The molecule has 3 rings (SSSR count). The molecular formula is C20H23ClN2O. The average Bonchev–Trinajstić information content (AvgIpc) is 3.00. The lowest BCUT2D eigenvalue weighted by Gasteiger charge is -2.20. The molecule has 1 unspecified atom stereocenters. The van der Waals surface area contributed by atoms with E-state index in [0.29, 0.717) is 6.54 Å². The first kappa shape index (κ1) is 16.8. The van der Waals surface area contributed by atoms with Crippen molar-refractivity contribution in [1.29, 1.82) is 0 Å². The largest absolute Gasteiger partial charge is 0.369 e. The standard InChI is InChI=1S/C20H23ClN2O/c1-15(14-16-6-8-18(21)9-7-16)20(24)22-11-13-23-12-10-17-4-2-3-5-19(17)23/h2-9,15H,10-14H2,1H3,(H,22,24). The molecule has 126 valence electrons. The lowest BCUT2D eigenvalue weighted by Crippen LogP contribution is -2.37. The number of halogens is 1. The van der Waals surface area contributed by atoms with Gasteiger partial charge < -0.3 is 10.2 Å². The zero-order valence-electron chi connectivity index (χ0n) is 14.0. The van der Waals surface area contributed by atoms with E-state index < -0.39 is 0 Å². The van der Waals surface area contributed by atoms with Crippen LogP contribution >= 0.6 is 11.6 Å². The molecule has 1 heterocycles. The Kier molecular flexibility index (Phi) is 5.41. The first-order chi connectivity index (χ1) is 11.6. The third-order valence-electron chi connectivity index (χ3n) is 4.57. The summed E-state index contributed by atoms with van der Waals surface area (Å²) < 4.78 is 0. The van der Waals surface area contributed by atoms with Crippen LogP contribution in [-0.2, 0) is 17.6 Å². The van der Waals surface area contributed by atoms with Gasteiger partial charge in [-0.15, -0.1) is 0 Å². The molecule has 1 amide bonds. The number of amides is 1.